The fourth-order valence-corrected chi connectivity index (χ4v) is 1.50. The molecule has 0 aliphatic heterocycles. The molecule has 0 bridgehead atoms. The van der Waals surface area contributed by atoms with Crippen LogP contribution in [0.15, 0.2) is 12.3 Å². The third-order valence-electron chi connectivity index (χ3n) is 2.86. The van der Waals surface area contributed by atoms with Crippen LogP contribution in [0.2, 0.25) is 0 Å². The molecule has 0 saturated heterocycles. The Morgan fingerprint density at radius 2 is 2.06 bits per heavy atom. The van der Waals surface area contributed by atoms with Gasteiger partial charge in [0, 0.05) is 6.20 Å². The van der Waals surface area contributed by atoms with E-state index < -0.39 is 11.7 Å². The molecule has 1 aliphatic carbocycles. The molecule has 0 spiro atoms. The Labute approximate surface area is 90.9 Å². The van der Waals surface area contributed by atoms with Crippen molar-refractivity contribution in [3.63, 3.8) is 0 Å². The van der Waals surface area contributed by atoms with Crippen LogP contribution in [0, 0.1) is 6.92 Å². The van der Waals surface area contributed by atoms with Crippen LogP contribution < -0.4 is 11.1 Å². The summed E-state index contributed by atoms with van der Waals surface area (Å²) >= 11 is 0. The van der Waals surface area contributed by atoms with Gasteiger partial charge in [-0.25, -0.2) is 4.98 Å². The Morgan fingerprint density at radius 3 is 2.56 bits per heavy atom. The number of hydrogen-bond acceptors (Lipinski definition) is 3. The smallest absolute Gasteiger partial charge is 0.396 e. The Kier molecular flexibility index (Phi) is 2.25. The number of aromatic nitrogens is 1. The predicted octanol–water partition coefficient (Wildman–Crippen LogP) is 2.48. The fourth-order valence-electron chi connectivity index (χ4n) is 1.50. The van der Waals surface area contributed by atoms with Crippen molar-refractivity contribution in [1.29, 1.82) is 0 Å². The number of halogens is 3. The standard InChI is InChI=1S/C10H12F3N3/c1-6-2-5-15-8(7(6)14)16-9(3-4-9)10(11,12)13/h2,5H,3-4,14H2,1H3,(H,15,16). The summed E-state index contributed by atoms with van der Waals surface area (Å²) in [7, 11) is 0. The van der Waals surface area contributed by atoms with E-state index in [1.54, 1.807) is 13.0 Å². The highest BCUT2D eigenvalue weighted by Crippen LogP contribution is 2.51. The van der Waals surface area contributed by atoms with Gasteiger partial charge in [0.1, 0.15) is 11.4 Å². The van der Waals surface area contributed by atoms with Crippen LogP contribution in [0.1, 0.15) is 18.4 Å². The lowest BCUT2D eigenvalue weighted by atomic mass is 10.2. The third-order valence-corrected chi connectivity index (χ3v) is 2.86. The van der Waals surface area contributed by atoms with E-state index in [1.165, 1.54) is 6.20 Å². The van der Waals surface area contributed by atoms with Gasteiger partial charge in [0.05, 0.1) is 5.69 Å². The zero-order chi connectivity index (χ0) is 12.0. The first-order valence-electron chi connectivity index (χ1n) is 4.92. The molecule has 16 heavy (non-hydrogen) atoms. The molecule has 0 amide bonds. The summed E-state index contributed by atoms with van der Waals surface area (Å²) in [6, 6.07) is 1.66. The number of alkyl halides is 3. The van der Waals surface area contributed by atoms with Crippen LogP contribution in [-0.4, -0.2) is 16.7 Å². The largest absolute Gasteiger partial charge is 0.411 e. The second-order valence-corrected chi connectivity index (χ2v) is 4.09. The summed E-state index contributed by atoms with van der Waals surface area (Å²) in [5, 5.41) is 2.42. The van der Waals surface area contributed by atoms with Crippen molar-refractivity contribution < 1.29 is 13.2 Å². The molecule has 1 saturated carbocycles. The molecule has 3 nitrogen and oxygen atoms in total. The molecular formula is C10H12F3N3. The van der Waals surface area contributed by atoms with E-state index in [9.17, 15) is 13.2 Å². The van der Waals surface area contributed by atoms with Crippen LogP contribution in [0.3, 0.4) is 0 Å². The first kappa shape index (κ1) is 11.0. The molecule has 1 heterocycles. The number of nitrogens with zero attached hydrogens (tertiary/aromatic N) is 1. The van der Waals surface area contributed by atoms with Crippen LogP contribution >= 0.6 is 0 Å². The van der Waals surface area contributed by atoms with Crippen LogP contribution in [0.5, 0.6) is 0 Å². The number of hydrogen-bond donors (Lipinski definition) is 2. The summed E-state index contributed by atoms with van der Waals surface area (Å²) in [5.41, 5.74) is 4.84. The van der Waals surface area contributed by atoms with Crippen LogP contribution in [0.25, 0.3) is 0 Å². The van der Waals surface area contributed by atoms with Crippen molar-refractivity contribution in [1.82, 2.24) is 4.98 Å². The van der Waals surface area contributed by atoms with Gasteiger partial charge in [0.2, 0.25) is 0 Å². The van der Waals surface area contributed by atoms with E-state index >= 15 is 0 Å². The van der Waals surface area contributed by atoms with Crippen molar-refractivity contribution in [2.75, 3.05) is 11.1 Å². The average molecular weight is 231 g/mol. The number of nitrogens with two attached hydrogens (primary N) is 1. The molecule has 3 N–H and O–H groups in total. The second-order valence-electron chi connectivity index (χ2n) is 4.09. The van der Waals surface area contributed by atoms with Crippen molar-refractivity contribution in [3.05, 3.63) is 17.8 Å². The lowest BCUT2D eigenvalue weighted by Gasteiger charge is -2.22. The van der Waals surface area contributed by atoms with E-state index in [-0.39, 0.29) is 24.3 Å². The molecule has 1 aromatic heterocycles. The molecule has 0 radical (unpaired) electrons. The molecule has 6 heteroatoms. The average Bonchev–Trinajstić information content (AvgIpc) is 2.93. The highest BCUT2D eigenvalue weighted by molar-refractivity contribution is 5.66. The van der Waals surface area contributed by atoms with Gasteiger partial charge in [-0.15, -0.1) is 0 Å². The molecule has 0 atom stereocenters. The molecule has 1 aromatic rings. The van der Waals surface area contributed by atoms with Crippen LogP contribution in [0.4, 0.5) is 24.7 Å². The summed E-state index contributed by atoms with van der Waals surface area (Å²) in [6.45, 7) is 1.73. The normalized spacial score (nSPS) is 18.2. The van der Waals surface area contributed by atoms with Crippen molar-refractivity contribution in [2.45, 2.75) is 31.5 Å². The predicted molar refractivity (Wildman–Crippen MR) is 55.0 cm³/mol. The molecule has 1 fully saturated rings. The van der Waals surface area contributed by atoms with Gasteiger partial charge in [-0.05, 0) is 31.4 Å². The molecule has 0 unspecified atom stereocenters. The monoisotopic (exact) mass is 231 g/mol. The number of rotatable bonds is 2. The molecule has 1 aliphatic rings. The Bertz CT molecular complexity index is 410. The SMILES string of the molecule is Cc1ccnc(NC2(C(F)(F)F)CC2)c1N. The molecular weight excluding hydrogens is 219 g/mol. The lowest BCUT2D eigenvalue weighted by molar-refractivity contribution is -0.151. The summed E-state index contributed by atoms with van der Waals surface area (Å²) in [6.07, 6.45) is -2.66. The number of anilines is 2. The number of aryl methyl sites for hydroxylation is 1. The van der Waals surface area contributed by atoms with Crippen LogP contribution in [-0.2, 0) is 0 Å². The maximum absolute atomic E-state index is 12.7. The quantitative estimate of drug-likeness (QED) is 0.822. The zero-order valence-corrected chi connectivity index (χ0v) is 8.73. The van der Waals surface area contributed by atoms with Gasteiger partial charge in [-0.2, -0.15) is 13.2 Å². The van der Waals surface area contributed by atoms with Crippen molar-refractivity contribution in [2.24, 2.45) is 0 Å². The van der Waals surface area contributed by atoms with Crippen molar-refractivity contribution >= 4 is 11.5 Å². The highest BCUT2D eigenvalue weighted by Gasteiger charge is 2.63. The lowest BCUT2D eigenvalue weighted by Crippen LogP contribution is -2.39. The molecule has 88 valence electrons. The van der Waals surface area contributed by atoms with Crippen molar-refractivity contribution in [3.8, 4) is 0 Å². The van der Waals surface area contributed by atoms with Gasteiger partial charge in [-0.3, -0.25) is 0 Å². The number of nitrogens with one attached hydrogen (secondary N) is 1. The fraction of sp³-hybridized carbons (Fsp3) is 0.500. The highest BCUT2D eigenvalue weighted by atomic mass is 19.4. The van der Waals surface area contributed by atoms with E-state index in [2.05, 4.69) is 10.3 Å². The van der Waals surface area contributed by atoms with E-state index in [0.717, 1.165) is 5.56 Å². The molecule has 0 aromatic carbocycles. The Morgan fingerprint density at radius 1 is 1.44 bits per heavy atom. The first-order chi connectivity index (χ1) is 7.36. The summed E-state index contributed by atoms with van der Waals surface area (Å²) in [5.74, 6) is 0.120. The first-order valence-corrected chi connectivity index (χ1v) is 4.92. The minimum Gasteiger partial charge on any atom is -0.396 e. The maximum Gasteiger partial charge on any atom is 0.411 e. The summed E-state index contributed by atoms with van der Waals surface area (Å²) < 4.78 is 38.0. The minimum atomic E-state index is -4.26. The minimum absolute atomic E-state index is 0.0750. The third kappa shape index (κ3) is 1.68. The molecule has 2 rings (SSSR count). The van der Waals surface area contributed by atoms with Gasteiger partial charge in [0.25, 0.3) is 0 Å². The zero-order valence-electron chi connectivity index (χ0n) is 8.73. The van der Waals surface area contributed by atoms with Gasteiger partial charge in [0.15, 0.2) is 0 Å². The van der Waals surface area contributed by atoms with E-state index in [1.807, 2.05) is 0 Å². The summed E-state index contributed by atoms with van der Waals surface area (Å²) in [4.78, 5) is 3.84. The van der Waals surface area contributed by atoms with E-state index in [4.69, 9.17) is 5.73 Å². The van der Waals surface area contributed by atoms with Gasteiger partial charge >= 0.3 is 6.18 Å². The number of nitrogen functional groups attached to an aromatic ring is 1. The Hall–Kier alpha value is -1.46. The topological polar surface area (TPSA) is 50.9 Å². The maximum atomic E-state index is 12.7. The van der Waals surface area contributed by atoms with E-state index in [0.29, 0.717) is 0 Å². The van der Waals surface area contributed by atoms with Gasteiger partial charge < -0.3 is 11.1 Å². The van der Waals surface area contributed by atoms with Gasteiger partial charge in [-0.1, -0.05) is 0 Å². The number of pyridine rings is 1. The Balaban J connectivity index is 2.25. The second kappa shape index (κ2) is 3.26.